The van der Waals surface area contributed by atoms with E-state index in [9.17, 15) is 0 Å². The zero-order valence-electron chi connectivity index (χ0n) is 7.04. The summed E-state index contributed by atoms with van der Waals surface area (Å²) in [4.78, 5) is 0. The van der Waals surface area contributed by atoms with Crippen LogP contribution in [0.3, 0.4) is 0 Å². The zero-order chi connectivity index (χ0) is 8.55. The van der Waals surface area contributed by atoms with Crippen molar-refractivity contribution in [2.45, 2.75) is 19.5 Å². The van der Waals surface area contributed by atoms with Crippen LogP contribution in [-0.2, 0) is 6.54 Å². The third-order valence-corrected chi connectivity index (χ3v) is 2.36. The second-order valence-corrected chi connectivity index (χ2v) is 3.08. The first-order valence-electron chi connectivity index (χ1n) is 4.16. The molecule has 0 spiro atoms. The van der Waals surface area contributed by atoms with Gasteiger partial charge >= 0.3 is 0 Å². The molecule has 1 aromatic rings. The number of hydrogen-bond donors (Lipinski definition) is 1. The number of fused-ring (bicyclic) bond motifs is 1. The Bertz CT molecular complexity index is 332. The van der Waals surface area contributed by atoms with Gasteiger partial charge in [0.2, 0.25) is 0 Å². The molecule has 62 valence electrons. The van der Waals surface area contributed by atoms with E-state index in [1.54, 1.807) is 0 Å². The van der Waals surface area contributed by atoms with Crippen LogP contribution in [0.15, 0.2) is 12.1 Å². The minimum absolute atomic E-state index is 0.376. The molecule has 2 heterocycles. The Morgan fingerprint density at radius 2 is 2.50 bits per heavy atom. The molecule has 1 N–H and O–H groups in total. The summed E-state index contributed by atoms with van der Waals surface area (Å²) >= 11 is 0. The molecule has 0 aliphatic carbocycles. The molecule has 1 aliphatic rings. The molecule has 0 aromatic carbocycles. The van der Waals surface area contributed by atoms with Crippen LogP contribution in [0.25, 0.3) is 0 Å². The van der Waals surface area contributed by atoms with Gasteiger partial charge in [0.1, 0.15) is 11.8 Å². The summed E-state index contributed by atoms with van der Waals surface area (Å²) in [6.07, 6.45) is 0. The number of aromatic nitrogens is 1. The molecule has 1 unspecified atom stereocenters. The summed E-state index contributed by atoms with van der Waals surface area (Å²) in [5.74, 6) is 0. The lowest BCUT2D eigenvalue weighted by molar-refractivity contribution is 0.446. The predicted molar refractivity (Wildman–Crippen MR) is 45.6 cm³/mol. The zero-order valence-corrected chi connectivity index (χ0v) is 7.04. The molecule has 1 atom stereocenters. The summed E-state index contributed by atoms with van der Waals surface area (Å²) in [5.41, 5.74) is 2.00. The maximum absolute atomic E-state index is 8.78. The first-order valence-corrected chi connectivity index (χ1v) is 4.16. The lowest BCUT2D eigenvalue weighted by Crippen LogP contribution is -2.31. The standard InChI is InChI=1S/C9H11N3/c1-7-9-3-2-8(6-10)12(9)5-4-11-7/h2-3,7,11H,4-5H2,1H3. The van der Waals surface area contributed by atoms with E-state index >= 15 is 0 Å². The highest BCUT2D eigenvalue weighted by molar-refractivity contribution is 5.29. The Kier molecular flexibility index (Phi) is 1.63. The maximum atomic E-state index is 8.78. The van der Waals surface area contributed by atoms with E-state index in [4.69, 9.17) is 5.26 Å². The van der Waals surface area contributed by atoms with E-state index in [2.05, 4.69) is 22.9 Å². The number of nitrogens with zero attached hydrogens (tertiary/aromatic N) is 2. The largest absolute Gasteiger partial charge is 0.334 e. The molecular weight excluding hydrogens is 150 g/mol. The van der Waals surface area contributed by atoms with Crippen molar-refractivity contribution in [1.29, 1.82) is 5.26 Å². The topological polar surface area (TPSA) is 40.8 Å². The molecule has 0 bridgehead atoms. The molecule has 3 nitrogen and oxygen atoms in total. The first-order chi connectivity index (χ1) is 5.83. The molecule has 2 rings (SSSR count). The summed E-state index contributed by atoms with van der Waals surface area (Å²) in [5, 5.41) is 12.1. The highest BCUT2D eigenvalue weighted by atomic mass is 15.1. The Hall–Kier alpha value is -1.27. The maximum Gasteiger partial charge on any atom is 0.120 e. The molecule has 1 aliphatic heterocycles. The van der Waals surface area contributed by atoms with E-state index in [1.165, 1.54) is 5.69 Å². The van der Waals surface area contributed by atoms with Crippen LogP contribution in [0, 0.1) is 11.3 Å². The fourth-order valence-electron chi connectivity index (χ4n) is 1.71. The van der Waals surface area contributed by atoms with Gasteiger partial charge in [-0.1, -0.05) is 0 Å². The van der Waals surface area contributed by atoms with Crippen molar-refractivity contribution in [2.75, 3.05) is 6.54 Å². The van der Waals surface area contributed by atoms with Gasteiger partial charge in [-0.25, -0.2) is 0 Å². The summed E-state index contributed by atoms with van der Waals surface area (Å²) in [7, 11) is 0. The quantitative estimate of drug-likeness (QED) is 0.617. The summed E-state index contributed by atoms with van der Waals surface area (Å²) in [6.45, 7) is 3.99. The second-order valence-electron chi connectivity index (χ2n) is 3.08. The van der Waals surface area contributed by atoms with Crippen LogP contribution in [0.4, 0.5) is 0 Å². The molecule has 0 saturated carbocycles. The van der Waals surface area contributed by atoms with Crippen molar-refractivity contribution in [3.63, 3.8) is 0 Å². The molecule has 3 heteroatoms. The Morgan fingerprint density at radius 3 is 3.25 bits per heavy atom. The van der Waals surface area contributed by atoms with Crippen molar-refractivity contribution in [3.8, 4) is 6.07 Å². The lowest BCUT2D eigenvalue weighted by Gasteiger charge is -2.23. The average Bonchev–Trinajstić information content (AvgIpc) is 2.49. The molecular formula is C9H11N3. The second kappa shape index (κ2) is 2.65. The number of nitrogens with one attached hydrogen (secondary N) is 1. The fraction of sp³-hybridized carbons (Fsp3) is 0.444. The van der Waals surface area contributed by atoms with Crippen molar-refractivity contribution >= 4 is 0 Å². The van der Waals surface area contributed by atoms with Crippen LogP contribution in [-0.4, -0.2) is 11.1 Å². The SMILES string of the molecule is CC1NCCn2c(C#N)ccc21. The highest BCUT2D eigenvalue weighted by Gasteiger charge is 2.17. The molecule has 0 fully saturated rings. The van der Waals surface area contributed by atoms with Gasteiger partial charge in [0.25, 0.3) is 0 Å². The van der Waals surface area contributed by atoms with E-state index in [-0.39, 0.29) is 0 Å². The monoisotopic (exact) mass is 161 g/mol. The van der Waals surface area contributed by atoms with Crippen molar-refractivity contribution < 1.29 is 0 Å². The van der Waals surface area contributed by atoms with Crippen LogP contribution >= 0.6 is 0 Å². The Balaban J connectivity index is 2.49. The third kappa shape index (κ3) is 0.926. The van der Waals surface area contributed by atoms with E-state index in [0.717, 1.165) is 18.8 Å². The fourth-order valence-corrected chi connectivity index (χ4v) is 1.71. The number of hydrogen-bond acceptors (Lipinski definition) is 2. The Morgan fingerprint density at radius 1 is 1.67 bits per heavy atom. The van der Waals surface area contributed by atoms with Gasteiger partial charge in [0.05, 0.1) is 0 Å². The molecule has 0 radical (unpaired) electrons. The average molecular weight is 161 g/mol. The van der Waals surface area contributed by atoms with Crippen LogP contribution in [0.2, 0.25) is 0 Å². The normalized spacial score (nSPS) is 21.5. The highest BCUT2D eigenvalue weighted by Crippen LogP contribution is 2.19. The van der Waals surface area contributed by atoms with Crippen LogP contribution in [0.1, 0.15) is 24.4 Å². The van der Waals surface area contributed by atoms with Gasteiger partial charge < -0.3 is 9.88 Å². The van der Waals surface area contributed by atoms with Gasteiger partial charge in [0.15, 0.2) is 0 Å². The van der Waals surface area contributed by atoms with E-state index in [1.807, 2.05) is 12.1 Å². The smallest absolute Gasteiger partial charge is 0.120 e. The molecule has 1 aromatic heterocycles. The van der Waals surface area contributed by atoms with Gasteiger partial charge in [0, 0.05) is 24.8 Å². The van der Waals surface area contributed by atoms with E-state index < -0.39 is 0 Å². The lowest BCUT2D eigenvalue weighted by atomic mass is 10.2. The molecule has 0 saturated heterocycles. The summed E-state index contributed by atoms with van der Waals surface area (Å²) in [6, 6.07) is 6.48. The minimum Gasteiger partial charge on any atom is -0.334 e. The van der Waals surface area contributed by atoms with E-state index in [0.29, 0.717) is 6.04 Å². The minimum atomic E-state index is 0.376. The van der Waals surface area contributed by atoms with Crippen LogP contribution < -0.4 is 5.32 Å². The predicted octanol–water partition coefficient (Wildman–Crippen LogP) is 1.02. The third-order valence-electron chi connectivity index (χ3n) is 2.36. The van der Waals surface area contributed by atoms with Gasteiger partial charge in [-0.15, -0.1) is 0 Å². The number of rotatable bonds is 0. The van der Waals surface area contributed by atoms with Gasteiger partial charge in [-0.05, 0) is 19.1 Å². The van der Waals surface area contributed by atoms with Crippen molar-refractivity contribution in [1.82, 2.24) is 9.88 Å². The van der Waals surface area contributed by atoms with Crippen molar-refractivity contribution in [3.05, 3.63) is 23.5 Å². The van der Waals surface area contributed by atoms with Gasteiger partial charge in [-0.3, -0.25) is 0 Å². The van der Waals surface area contributed by atoms with Crippen LogP contribution in [0.5, 0.6) is 0 Å². The molecule has 0 amide bonds. The molecule has 12 heavy (non-hydrogen) atoms. The summed E-state index contributed by atoms with van der Waals surface area (Å²) < 4.78 is 2.08. The van der Waals surface area contributed by atoms with Crippen molar-refractivity contribution in [2.24, 2.45) is 0 Å². The first kappa shape index (κ1) is 7.38. The number of nitriles is 1. The van der Waals surface area contributed by atoms with Gasteiger partial charge in [-0.2, -0.15) is 5.26 Å². The Labute approximate surface area is 71.6 Å².